The summed E-state index contributed by atoms with van der Waals surface area (Å²) >= 11 is 0. The van der Waals surface area contributed by atoms with Crippen molar-refractivity contribution in [1.82, 2.24) is 0 Å². The lowest BCUT2D eigenvalue weighted by molar-refractivity contribution is -0.556. The molecule has 2 rings (SSSR count). The van der Waals surface area contributed by atoms with E-state index in [1.54, 1.807) is 0 Å². The molecule has 1 heterocycles. The molecule has 2 heteroatoms. The molecule has 0 amide bonds. The maximum Gasteiger partial charge on any atom is 0.138 e. The molecular formula is C13H24O2. The van der Waals surface area contributed by atoms with Crippen molar-refractivity contribution in [1.29, 1.82) is 0 Å². The molecule has 2 nitrogen and oxygen atoms in total. The van der Waals surface area contributed by atoms with Crippen LogP contribution in [-0.2, 0) is 9.78 Å². The third-order valence-corrected chi connectivity index (χ3v) is 4.22. The van der Waals surface area contributed by atoms with Crippen molar-refractivity contribution in [2.24, 2.45) is 16.7 Å². The summed E-state index contributed by atoms with van der Waals surface area (Å²) in [6, 6.07) is 0. The van der Waals surface area contributed by atoms with Gasteiger partial charge in [-0.15, -0.1) is 0 Å². The minimum Gasteiger partial charge on any atom is -0.229 e. The third-order valence-electron chi connectivity index (χ3n) is 4.22. The molecule has 0 bridgehead atoms. The van der Waals surface area contributed by atoms with Gasteiger partial charge in [-0.25, -0.2) is 9.78 Å². The molecule has 0 aromatic carbocycles. The van der Waals surface area contributed by atoms with Gasteiger partial charge in [-0.2, -0.15) is 0 Å². The number of rotatable bonds is 0. The van der Waals surface area contributed by atoms with Gasteiger partial charge in [0.1, 0.15) is 11.7 Å². The van der Waals surface area contributed by atoms with Crippen LogP contribution in [0.3, 0.4) is 0 Å². The lowest BCUT2D eigenvalue weighted by Gasteiger charge is -2.63. The van der Waals surface area contributed by atoms with Crippen LogP contribution < -0.4 is 0 Å². The summed E-state index contributed by atoms with van der Waals surface area (Å²) < 4.78 is 0. The highest BCUT2D eigenvalue weighted by Crippen LogP contribution is 2.59. The van der Waals surface area contributed by atoms with Gasteiger partial charge in [0.15, 0.2) is 0 Å². The summed E-state index contributed by atoms with van der Waals surface area (Å²) in [5.74, 6) is 0.722. The topological polar surface area (TPSA) is 18.5 Å². The molecule has 1 saturated heterocycles. The van der Waals surface area contributed by atoms with E-state index in [1.807, 2.05) is 0 Å². The van der Waals surface area contributed by atoms with Gasteiger partial charge in [-0.1, -0.05) is 41.5 Å². The van der Waals surface area contributed by atoms with Crippen LogP contribution in [0.25, 0.3) is 0 Å². The summed E-state index contributed by atoms with van der Waals surface area (Å²) in [6.45, 7) is 13.7. The van der Waals surface area contributed by atoms with Crippen molar-refractivity contribution in [3.8, 4) is 0 Å². The van der Waals surface area contributed by atoms with E-state index in [1.165, 1.54) is 6.42 Å². The molecule has 0 aromatic heterocycles. The van der Waals surface area contributed by atoms with Gasteiger partial charge >= 0.3 is 0 Å². The first-order valence-corrected chi connectivity index (χ1v) is 6.03. The van der Waals surface area contributed by atoms with Crippen molar-refractivity contribution in [2.45, 2.75) is 66.1 Å². The minimum absolute atomic E-state index is 0.0613. The molecule has 0 aromatic rings. The van der Waals surface area contributed by atoms with E-state index >= 15 is 0 Å². The van der Waals surface area contributed by atoms with Crippen LogP contribution >= 0.6 is 0 Å². The molecule has 1 aliphatic heterocycles. The molecule has 2 fully saturated rings. The Bertz CT molecular complexity index is 264. The predicted octanol–water partition coefficient (Wildman–Crippen LogP) is 3.56. The van der Waals surface area contributed by atoms with Crippen LogP contribution in [0.5, 0.6) is 0 Å². The first kappa shape index (κ1) is 11.4. The normalized spacial score (nSPS) is 44.4. The van der Waals surface area contributed by atoms with E-state index in [0.717, 1.165) is 12.3 Å². The Morgan fingerprint density at radius 1 is 1.13 bits per heavy atom. The second-order valence-corrected chi connectivity index (χ2v) is 7.20. The summed E-state index contributed by atoms with van der Waals surface area (Å²) in [6.07, 6.45) is 2.63. The van der Waals surface area contributed by atoms with Crippen LogP contribution in [0.15, 0.2) is 0 Å². The first-order chi connectivity index (χ1) is 6.69. The molecule has 2 aliphatic rings. The molecule has 3 unspecified atom stereocenters. The van der Waals surface area contributed by atoms with Crippen LogP contribution in [0.1, 0.15) is 54.4 Å². The van der Waals surface area contributed by atoms with Gasteiger partial charge < -0.3 is 0 Å². The Morgan fingerprint density at radius 2 is 1.73 bits per heavy atom. The van der Waals surface area contributed by atoms with Crippen LogP contribution in [0, 0.1) is 16.7 Å². The van der Waals surface area contributed by atoms with Crippen LogP contribution in [-0.4, -0.2) is 11.7 Å². The average molecular weight is 212 g/mol. The van der Waals surface area contributed by atoms with E-state index < -0.39 is 0 Å². The Balaban J connectivity index is 2.33. The zero-order chi connectivity index (χ0) is 11.5. The quantitative estimate of drug-likeness (QED) is 0.572. The molecule has 1 aliphatic carbocycles. The molecule has 0 N–H and O–H groups in total. The van der Waals surface area contributed by atoms with E-state index in [2.05, 4.69) is 41.5 Å². The zero-order valence-corrected chi connectivity index (χ0v) is 10.9. The van der Waals surface area contributed by atoms with E-state index in [4.69, 9.17) is 9.78 Å². The van der Waals surface area contributed by atoms with E-state index in [-0.39, 0.29) is 22.5 Å². The fourth-order valence-corrected chi connectivity index (χ4v) is 3.53. The Labute approximate surface area is 93.3 Å². The fourth-order valence-electron chi connectivity index (χ4n) is 3.53. The number of hydrogen-bond donors (Lipinski definition) is 0. The smallest absolute Gasteiger partial charge is 0.138 e. The maximum absolute atomic E-state index is 5.59. The Morgan fingerprint density at radius 3 is 2.13 bits per heavy atom. The average Bonchev–Trinajstić information content (AvgIpc) is 1.90. The standard InChI is InChI=1S/C13H24O2/c1-9-7-12(5,6)10-13(8-9,15-14-10)11(2,3)4/h9-10H,7-8H2,1-6H3. The first-order valence-electron chi connectivity index (χ1n) is 6.03. The summed E-state index contributed by atoms with van der Waals surface area (Å²) in [7, 11) is 0. The lowest BCUT2D eigenvalue weighted by Crippen LogP contribution is -2.71. The summed E-state index contributed by atoms with van der Waals surface area (Å²) in [5, 5.41) is 0. The van der Waals surface area contributed by atoms with Crippen molar-refractivity contribution in [2.75, 3.05) is 0 Å². The highest BCUT2D eigenvalue weighted by atomic mass is 17.3. The minimum atomic E-state index is -0.0613. The molecule has 1 saturated carbocycles. The largest absolute Gasteiger partial charge is 0.229 e. The van der Waals surface area contributed by atoms with Gasteiger partial charge in [0, 0.05) is 0 Å². The van der Waals surface area contributed by atoms with Crippen molar-refractivity contribution in [3.05, 3.63) is 0 Å². The van der Waals surface area contributed by atoms with Crippen LogP contribution in [0.2, 0.25) is 0 Å². The maximum atomic E-state index is 5.59. The van der Waals surface area contributed by atoms with E-state index in [9.17, 15) is 0 Å². The Kier molecular flexibility index (Phi) is 2.27. The van der Waals surface area contributed by atoms with Crippen LogP contribution in [0.4, 0.5) is 0 Å². The second-order valence-electron chi connectivity index (χ2n) is 7.20. The monoisotopic (exact) mass is 212 g/mol. The van der Waals surface area contributed by atoms with Gasteiger partial charge in [0.25, 0.3) is 0 Å². The highest BCUT2D eigenvalue weighted by molar-refractivity contribution is 5.10. The highest BCUT2D eigenvalue weighted by Gasteiger charge is 2.66. The summed E-state index contributed by atoms with van der Waals surface area (Å²) in [4.78, 5) is 11.0. The molecule has 15 heavy (non-hydrogen) atoms. The number of hydrogen-bond acceptors (Lipinski definition) is 2. The summed E-state index contributed by atoms with van der Waals surface area (Å²) in [5.41, 5.74) is 0.333. The Hall–Kier alpha value is -0.0800. The zero-order valence-electron chi connectivity index (χ0n) is 10.9. The van der Waals surface area contributed by atoms with E-state index in [0.29, 0.717) is 0 Å². The van der Waals surface area contributed by atoms with Gasteiger partial charge in [-0.05, 0) is 29.6 Å². The third kappa shape index (κ3) is 1.45. The number of fused-ring (bicyclic) bond motifs is 1. The molecular weight excluding hydrogens is 188 g/mol. The molecule has 0 radical (unpaired) electrons. The van der Waals surface area contributed by atoms with Gasteiger partial charge in [-0.3, -0.25) is 0 Å². The molecule has 0 spiro atoms. The van der Waals surface area contributed by atoms with Gasteiger partial charge in [0.2, 0.25) is 0 Å². The predicted molar refractivity (Wildman–Crippen MR) is 60.3 cm³/mol. The fraction of sp³-hybridized carbons (Fsp3) is 1.00. The molecule has 3 atom stereocenters. The SMILES string of the molecule is CC1CC(C)(C)C2OOC2(C(C)(C)C)C1. The van der Waals surface area contributed by atoms with Gasteiger partial charge in [0.05, 0.1) is 0 Å². The van der Waals surface area contributed by atoms with Crippen molar-refractivity contribution < 1.29 is 9.78 Å². The molecule has 88 valence electrons. The lowest BCUT2D eigenvalue weighted by atomic mass is 9.55. The van der Waals surface area contributed by atoms with Crippen molar-refractivity contribution >= 4 is 0 Å². The van der Waals surface area contributed by atoms with Crippen molar-refractivity contribution in [3.63, 3.8) is 0 Å². The second kappa shape index (κ2) is 2.98.